The first-order valence-electron chi connectivity index (χ1n) is 4.74. The Kier molecular flexibility index (Phi) is 3.77. The number of phenolic OH excluding ortho intramolecular Hbond substituents is 2. The van der Waals surface area contributed by atoms with Gasteiger partial charge in [0.2, 0.25) is 0 Å². The van der Waals surface area contributed by atoms with Gasteiger partial charge in [-0.1, -0.05) is 0 Å². The lowest BCUT2D eigenvalue weighted by molar-refractivity contribution is 0.399. The van der Waals surface area contributed by atoms with Crippen LogP contribution in [-0.2, 0) is 6.42 Å². The molecule has 3 heteroatoms. The first kappa shape index (κ1) is 10.9. The van der Waals surface area contributed by atoms with E-state index < -0.39 is 0 Å². The third-order valence-electron chi connectivity index (χ3n) is 2.03. The fraction of sp³-hybridized carbons (Fsp3) is 0.455. The van der Waals surface area contributed by atoms with Crippen molar-refractivity contribution < 1.29 is 10.2 Å². The Morgan fingerprint density at radius 3 is 2.14 bits per heavy atom. The van der Waals surface area contributed by atoms with Gasteiger partial charge in [0, 0.05) is 6.07 Å². The standard InChI is InChI=1S/C11H17NO2/c1-12(2)5-3-4-9-6-10(13)8-11(14)7-9/h6-8,13-14H,3-5H2,1-2H3. The van der Waals surface area contributed by atoms with Crippen LogP contribution < -0.4 is 0 Å². The zero-order chi connectivity index (χ0) is 10.6. The Labute approximate surface area is 84.6 Å². The van der Waals surface area contributed by atoms with E-state index in [9.17, 15) is 10.2 Å². The molecule has 0 aromatic heterocycles. The lowest BCUT2D eigenvalue weighted by atomic mass is 10.1. The minimum Gasteiger partial charge on any atom is -0.508 e. The monoisotopic (exact) mass is 195 g/mol. The molecule has 0 fully saturated rings. The molecule has 0 aliphatic rings. The van der Waals surface area contributed by atoms with Crippen molar-refractivity contribution in [1.29, 1.82) is 0 Å². The smallest absolute Gasteiger partial charge is 0.119 e. The van der Waals surface area contributed by atoms with Crippen molar-refractivity contribution in [3.8, 4) is 11.5 Å². The molecule has 2 N–H and O–H groups in total. The van der Waals surface area contributed by atoms with Gasteiger partial charge >= 0.3 is 0 Å². The van der Waals surface area contributed by atoms with E-state index in [0.29, 0.717) is 0 Å². The minimum atomic E-state index is 0.129. The summed E-state index contributed by atoms with van der Waals surface area (Å²) in [4.78, 5) is 2.11. The highest BCUT2D eigenvalue weighted by molar-refractivity contribution is 5.36. The van der Waals surface area contributed by atoms with E-state index in [4.69, 9.17) is 0 Å². The van der Waals surface area contributed by atoms with Crippen LogP contribution in [0.5, 0.6) is 11.5 Å². The van der Waals surface area contributed by atoms with Gasteiger partial charge in [0.05, 0.1) is 0 Å². The van der Waals surface area contributed by atoms with Crippen molar-refractivity contribution in [2.24, 2.45) is 0 Å². The van der Waals surface area contributed by atoms with Gasteiger partial charge in [0.25, 0.3) is 0 Å². The summed E-state index contributed by atoms with van der Waals surface area (Å²) < 4.78 is 0. The molecule has 1 aromatic rings. The Morgan fingerprint density at radius 1 is 1.07 bits per heavy atom. The second kappa shape index (κ2) is 4.86. The van der Waals surface area contributed by atoms with Crippen molar-refractivity contribution >= 4 is 0 Å². The molecule has 0 bridgehead atoms. The van der Waals surface area contributed by atoms with Crippen molar-refractivity contribution in [2.45, 2.75) is 12.8 Å². The van der Waals surface area contributed by atoms with Crippen LogP contribution in [0.15, 0.2) is 18.2 Å². The van der Waals surface area contributed by atoms with Crippen LogP contribution >= 0.6 is 0 Å². The van der Waals surface area contributed by atoms with Crippen LogP contribution in [0.3, 0.4) is 0 Å². The summed E-state index contributed by atoms with van der Waals surface area (Å²) in [5.74, 6) is 0.259. The van der Waals surface area contributed by atoms with Gasteiger partial charge in [-0.2, -0.15) is 0 Å². The minimum absolute atomic E-state index is 0.129. The number of benzene rings is 1. The SMILES string of the molecule is CN(C)CCCc1cc(O)cc(O)c1. The van der Waals surface area contributed by atoms with Gasteiger partial charge in [0.15, 0.2) is 0 Å². The number of rotatable bonds is 4. The third-order valence-corrected chi connectivity index (χ3v) is 2.03. The normalized spacial score (nSPS) is 10.8. The van der Waals surface area contributed by atoms with E-state index in [1.165, 1.54) is 6.07 Å². The molecule has 0 unspecified atom stereocenters. The van der Waals surface area contributed by atoms with Gasteiger partial charge in [-0.15, -0.1) is 0 Å². The molecule has 0 heterocycles. The summed E-state index contributed by atoms with van der Waals surface area (Å²) in [5.41, 5.74) is 0.976. The number of hydrogen-bond donors (Lipinski definition) is 2. The molecule has 0 saturated heterocycles. The molecule has 0 amide bonds. The molecule has 0 aliphatic carbocycles. The summed E-state index contributed by atoms with van der Waals surface area (Å²) in [6, 6.07) is 4.72. The lowest BCUT2D eigenvalue weighted by Gasteiger charge is -2.09. The molecule has 0 aliphatic heterocycles. The molecule has 0 saturated carbocycles. The van der Waals surface area contributed by atoms with Gasteiger partial charge in [-0.3, -0.25) is 0 Å². The molecule has 0 radical (unpaired) electrons. The van der Waals surface area contributed by atoms with Crippen LogP contribution in [0.25, 0.3) is 0 Å². The van der Waals surface area contributed by atoms with Crippen LogP contribution in [0.2, 0.25) is 0 Å². The van der Waals surface area contributed by atoms with Gasteiger partial charge in [-0.05, 0) is 51.2 Å². The number of nitrogens with zero attached hydrogens (tertiary/aromatic N) is 1. The molecule has 0 atom stereocenters. The average molecular weight is 195 g/mol. The van der Waals surface area contributed by atoms with E-state index in [-0.39, 0.29) is 11.5 Å². The van der Waals surface area contributed by atoms with E-state index in [2.05, 4.69) is 4.90 Å². The van der Waals surface area contributed by atoms with Crippen LogP contribution in [0.1, 0.15) is 12.0 Å². The van der Waals surface area contributed by atoms with Crippen LogP contribution in [0, 0.1) is 0 Å². The van der Waals surface area contributed by atoms with Crippen LogP contribution in [0.4, 0.5) is 0 Å². The summed E-state index contributed by atoms with van der Waals surface area (Å²) in [6.45, 7) is 1.01. The number of aromatic hydroxyl groups is 2. The lowest BCUT2D eigenvalue weighted by Crippen LogP contribution is -2.13. The maximum atomic E-state index is 9.23. The second-order valence-electron chi connectivity index (χ2n) is 3.76. The fourth-order valence-electron chi connectivity index (χ4n) is 1.40. The van der Waals surface area contributed by atoms with E-state index in [0.717, 1.165) is 24.9 Å². The number of hydrogen-bond acceptors (Lipinski definition) is 3. The predicted molar refractivity (Wildman–Crippen MR) is 56.6 cm³/mol. The summed E-state index contributed by atoms with van der Waals surface area (Å²) >= 11 is 0. The van der Waals surface area contributed by atoms with Crippen molar-refractivity contribution in [3.63, 3.8) is 0 Å². The highest BCUT2D eigenvalue weighted by atomic mass is 16.3. The van der Waals surface area contributed by atoms with Gasteiger partial charge in [0.1, 0.15) is 11.5 Å². The van der Waals surface area contributed by atoms with E-state index in [1.807, 2.05) is 14.1 Å². The first-order chi connectivity index (χ1) is 6.58. The van der Waals surface area contributed by atoms with Crippen molar-refractivity contribution in [2.75, 3.05) is 20.6 Å². The highest BCUT2D eigenvalue weighted by Gasteiger charge is 1.99. The zero-order valence-electron chi connectivity index (χ0n) is 8.70. The molecule has 78 valence electrons. The maximum Gasteiger partial charge on any atom is 0.119 e. The first-order valence-corrected chi connectivity index (χ1v) is 4.74. The summed E-state index contributed by atoms with van der Waals surface area (Å²) in [7, 11) is 4.06. The molecular weight excluding hydrogens is 178 g/mol. The fourth-order valence-corrected chi connectivity index (χ4v) is 1.40. The molecule has 1 aromatic carbocycles. The maximum absolute atomic E-state index is 9.23. The average Bonchev–Trinajstić information content (AvgIpc) is 2.01. The van der Waals surface area contributed by atoms with Crippen molar-refractivity contribution in [3.05, 3.63) is 23.8 Å². The predicted octanol–water partition coefficient (Wildman–Crippen LogP) is 1.59. The molecule has 1 rings (SSSR count). The Hall–Kier alpha value is -1.22. The number of phenols is 2. The highest BCUT2D eigenvalue weighted by Crippen LogP contribution is 2.21. The van der Waals surface area contributed by atoms with Gasteiger partial charge < -0.3 is 15.1 Å². The molecule has 14 heavy (non-hydrogen) atoms. The largest absolute Gasteiger partial charge is 0.508 e. The third kappa shape index (κ3) is 3.66. The van der Waals surface area contributed by atoms with Crippen molar-refractivity contribution in [1.82, 2.24) is 4.90 Å². The summed E-state index contributed by atoms with van der Waals surface area (Å²) in [5, 5.41) is 18.5. The Balaban J connectivity index is 2.50. The topological polar surface area (TPSA) is 43.7 Å². The molecular formula is C11H17NO2. The Morgan fingerprint density at radius 2 is 1.64 bits per heavy atom. The number of aryl methyl sites for hydroxylation is 1. The second-order valence-corrected chi connectivity index (χ2v) is 3.76. The quantitative estimate of drug-likeness (QED) is 0.766. The van der Waals surface area contributed by atoms with Crippen LogP contribution in [-0.4, -0.2) is 35.8 Å². The molecule has 0 spiro atoms. The summed E-state index contributed by atoms with van der Waals surface area (Å²) in [6.07, 6.45) is 1.90. The zero-order valence-corrected chi connectivity index (χ0v) is 8.70. The Bertz CT molecular complexity index is 277. The molecule has 3 nitrogen and oxygen atoms in total. The van der Waals surface area contributed by atoms with E-state index >= 15 is 0 Å². The van der Waals surface area contributed by atoms with E-state index in [1.54, 1.807) is 12.1 Å². The van der Waals surface area contributed by atoms with Gasteiger partial charge in [-0.25, -0.2) is 0 Å².